The van der Waals surface area contributed by atoms with Crippen LogP contribution in [-0.4, -0.2) is 36.2 Å². The van der Waals surface area contributed by atoms with Crippen molar-refractivity contribution in [3.63, 3.8) is 0 Å². The fraction of sp³-hybridized carbons (Fsp3) is 0.318. The van der Waals surface area contributed by atoms with Crippen LogP contribution in [0.1, 0.15) is 27.7 Å². The van der Waals surface area contributed by atoms with Gasteiger partial charge >= 0.3 is 6.09 Å². The van der Waals surface area contributed by atoms with E-state index in [4.69, 9.17) is 21.1 Å². The molecule has 2 aromatic carbocycles. The van der Waals surface area contributed by atoms with Gasteiger partial charge in [-0.3, -0.25) is 19.8 Å². The number of benzene rings is 2. The predicted molar refractivity (Wildman–Crippen MR) is 119 cm³/mol. The molecule has 2 N–H and O–H groups in total. The van der Waals surface area contributed by atoms with Gasteiger partial charge in [-0.25, -0.2) is 4.79 Å². The van der Waals surface area contributed by atoms with Gasteiger partial charge in [0.25, 0.3) is 5.91 Å². The van der Waals surface area contributed by atoms with Crippen LogP contribution in [0.2, 0.25) is 5.02 Å². The molecule has 1 aliphatic heterocycles. The summed E-state index contributed by atoms with van der Waals surface area (Å²) in [6.07, 6.45) is -0.629. The second-order valence-corrected chi connectivity index (χ2v) is 8.47. The van der Waals surface area contributed by atoms with Crippen molar-refractivity contribution in [3.05, 3.63) is 47.5 Å². The lowest BCUT2D eigenvalue weighted by molar-refractivity contribution is -0.125. The molecule has 9 heteroatoms. The van der Waals surface area contributed by atoms with Crippen molar-refractivity contribution in [2.24, 2.45) is 0 Å². The van der Waals surface area contributed by atoms with Gasteiger partial charge in [0.2, 0.25) is 5.91 Å². The van der Waals surface area contributed by atoms with Crippen molar-refractivity contribution in [2.45, 2.75) is 39.3 Å². The zero-order valence-electron chi connectivity index (χ0n) is 17.7. The lowest BCUT2D eigenvalue weighted by Crippen LogP contribution is -2.49. The number of hydrogen-bond acceptors (Lipinski definition) is 5. The first-order valence-electron chi connectivity index (χ1n) is 9.69. The van der Waals surface area contributed by atoms with E-state index in [9.17, 15) is 14.4 Å². The summed E-state index contributed by atoms with van der Waals surface area (Å²) in [5, 5.41) is 5.95. The van der Waals surface area contributed by atoms with Gasteiger partial charge in [-0.2, -0.15) is 0 Å². The Labute approximate surface area is 185 Å². The van der Waals surface area contributed by atoms with Gasteiger partial charge in [0, 0.05) is 16.4 Å². The Balaban J connectivity index is 1.81. The van der Waals surface area contributed by atoms with E-state index in [1.54, 1.807) is 70.2 Å². The van der Waals surface area contributed by atoms with Gasteiger partial charge in [-0.15, -0.1) is 0 Å². The molecule has 31 heavy (non-hydrogen) atoms. The number of fused-ring (bicyclic) bond motifs is 1. The van der Waals surface area contributed by atoms with Gasteiger partial charge in [0.05, 0.1) is 5.69 Å². The number of halogens is 1. The predicted octanol–water partition coefficient (Wildman–Crippen LogP) is 4.44. The lowest BCUT2D eigenvalue weighted by Gasteiger charge is -2.33. The maximum atomic E-state index is 12.8. The minimum absolute atomic E-state index is 0.190. The summed E-state index contributed by atoms with van der Waals surface area (Å²) in [5.74, 6) is -0.324. The number of amides is 3. The number of nitrogens with one attached hydrogen (secondary N) is 2. The molecule has 0 saturated heterocycles. The van der Waals surface area contributed by atoms with Gasteiger partial charge in [-0.05, 0) is 70.2 Å². The molecule has 0 aromatic heterocycles. The first-order chi connectivity index (χ1) is 14.5. The number of hydrogen-bond donors (Lipinski definition) is 2. The molecule has 3 rings (SSSR count). The summed E-state index contributed by atoms with van der Waals surface area (Å²) in [4.78, 5) is 38.9. The SMILES string of the molecule is CC(C(=O)Nc1ccc(Cl)cc1)N1C(=O)COc2ccc(NC(=O)OC(C)(C)C)cc21. The zero-order chi connectivity index (χ0) is 22.8. The van der Waals surface area contributed by atoms with Crippen LogP contribution >= 0.6 is 11.6 Å². The number of nitrogens with zero attached hydrogens (tertiary/aromatic N) is 1. The average molecular weight is 446 g/mol. The highest BCUT2D eigenvalue weighted by atomic mass is 35.5. The van der Waals surface area contributed by atoms with E-state index in [-0.39, 0.29) is 18.4 Å². The van der Waals surface area contributed by atoms with Gasteiger partial charge in [-0.1, -0.05) is 11.6 Å². The van der Waals surface area contributed by atoms with E-state index in [0.29, 0.717) is 27.8 Å². The molecule has 3 amide bonds. The monoisotopic (exact) mass is 445 g/mol. The van der Waals surface area contributed by atoms with E-state index >= 15 is 0 Å². The van der Waals surface area contributed by atoms with Crippen LogP contribution in [0, 0.1) is 0 Å². The molecule has 164 valence electrons. The molecule has 1 atom stereocenters. The van der Waals surface area contributed by atoms with Gasteiger partial charge < -0.3 is 14.8 Å². The third-order valence-corrected chi connectivity index (χ3v) is 4.61. The largest absolute Gasteiger partial charge is 0.482 e. The lowest BCUT2D eigenvalue weighted by atomic mass is 10.1. The fourth-order valence-corrected chi connectivity index (χ4v) is 3.12. The van der Waals surface area contributed by atoms with E-state index in [1.165, 1.54) is 4.90 Å². The van der Waals surface area contributed by atoms with Crippen molar-refractivity contribution in [2.75, 3.05) is 22.1 Å². The Morgan fingerprint density at radius 3 is 2.39 bits per heavy atom. The Kier molecular flexibility index (Phi) is 6.40. The zero-order valence-corrected chi connectivity index (χ0v) is 18.4. The first kappa shape index (κ1) is 22.4. The first-order valence-corrected chi connectivity index (χ1v) is 10.1. The third kappa shape index (κ3) is 5.67. The maximum Gasteiger partial charge on any atom is 0.412 e. The molecule has 1 aliphatic rings. The molecule has 2 aromatic rings. The third-order valence-electron chi connectivity index (χ3n) is 4.36. The minimum Gasteiger partial charge on any atom is -0.482 e. The molecule has 0 radical (unpaired) electrons. The van der Waals surface area contributed by atoms with E-state index in [2.05, 4.69) is 10.6 Å². The molecule has 0 saturated carbocycles. The number of rotatable bonds is 4. The summed E-state index contributed by atoms with van der Waals surface area (Å²) in [7, 11) is 0. The maximum absolute atomic E-state index is 12.8. The van der Waals surface area contributed by atoms with Crippen LogP contribution in [-0.2, 0) is 14.3 Å². The smallest absolute Gasteiger partial charge is 0.412 e. The van der Waals surface area contributed by atoms with Crippen molar-refractivity contribution >= 4 is 46.6 Å². The number of ether oxygens (including phenoxy) is 2. The molecule has 0 bridgehead atoms. The molecular formula is C22H24ClN3O5. The highest BCUT2D eigenvalue weighted by Gasteiger charge is 2.33. The number of carbonyl (C=O) groups is 3. The van der Waals surface area contributed by atoms with E-state index < -0.39 is 17.7 Å². The fourth-order valence-electron chi connectivity index (χ4n) is 2.99. The van der Waals surface area contributed by atoms with Crippen molar-refractivity contribution in [1.29, 1.82) is 0 Å². The molecular weight excluding hydrogens is 422 g/mol. The minimum atomic E-state index is -0.831. The summed E-state index contributed by atoms with van der Waals surface area (Å²) in [6.45, 7) is 6.70. The summed E-state index contributed by atoms with van der Waals surface area (Å²) >= 11 is 5.88. The number of carbonyl (C=O) groups excluding carboxylic acids is 3. The topological polar surface area (TPSA) is 97.0 Å². The Hall–Kier alpha value is -3.26. The highest BCUT2D eigenvalue weighted by molar-refractivity contribution is 6.30. The second-order valence-electron chi connectivity index (χ2n) is 8.03. The molecule has 0 fully saturated rings. The average Bonchev–Trinajstić information content (AvgIpc) is 2.67. The van der Waals surface area contributed by atoms with Crippen LogP contribution in [0.3, 0.4) is 0 Å². The van der Waals surface area contributed by atoms with E-state index in [1.807, 2.05) is 0 Å². The molecule has 0 spiro atoms. The van der Waals surface area contributed by atoms with E-state index in [0.717, 1.165) is 0 Å². The molecule has 1 heterocycles. The van der Waals surface area contributed by atoms with Crippen molar-refractivity contribution in [1.82, 2.24) is 0 Å². The van der Waals surface area contributed by atoms with Crippen LogP contribution in [0.15, 0.2) is 42.5 Å². The van der Waals surface area contributed by atoms with Crippen LogP contribution in [0.25, 0.3) is 0 Å². The van der Waals surface area contributed by atoms with Gasteiger partial charge in [0.1, 0.15) is 17.4 Å². The normalized spacial score (nSPS) is 14.2. The van der Waals surface area contributed by atoms with Crippen LogP contribution < -0.4 is 20.3 Å². The van der Waals surface area contributed by atoms with Gasteiger partial charge in [0.15, 0.2) is 6.61 Å². The molecule has 1 unspecified atom stereocenters. The molecule has 0 aliphatic carbocycles. The Morgan fingerprint density at radius 2 is 1.74 bits per heavy atom. The number of anilines is 3. The second kappa shape index (κ2) is 8.85. The van der Waals surface area contributed by atoms with Crippen molar-refractivity contribution in [3.8, 4) is 5.75 Å². The summed E-state index contributed by atoms with van der Waals surface area (Å²) in [6, 6.07) is 10.7. The Morgan fingerprint density at radius 1 is 1.10 bits per heavy atom. The molecule has 8 nitrogen and oxygen atoms in total. The quantitative estimate of drug-likeness (QED) is 0.725. The van der Waals surface area contributed by atoms with Crippen LogP contribution in [0.5, 0.6) is 5.75 Å². The Bertz CT molecular complexity index is 1000. The standard InChI is InChI=1S/C22H24ClN3O5/c1-13(20(28)24-15-7-5-14(23)6-8-15)26-17-11-16(25-21(29)31-22(2,3)4)9-10-18(17)30-12-19(26)27/h5-11,13H,12H2,1-4H3,(H,24,28)(H,25,29). The summed E-state index contributed by atoms with van der Waals surface area (Å²) < 4.78 is 10.7. The summed E-state index contributed by atoms with van der Waals surface area (Å²) in [5.41, 5.74) is 0.685. The van der Waals surface area contributed by atoms with Crippen molar-refractivity contribution < 1.29 is 23.9 Å². The van der Waals surface area contributed by atoms with Crippen LogP contribution in [0.4, 0.5) is 21.9 Å². The highest BCUT2D eigenvalue weighted by Crippen LogP contribution is 2.36.